The van der Waals surface area contributed by atoms with Crippen LogP contribution in [-0.4, -0.2) is 11.0 Å². The Hall–Kier alpha value is -1.19. The van der Waals surface area contributed by atoms with Gasteiger partial charge in [0.05, 0.1) is 10.7 Å². The summed E-state index contributed by atoms with van der Waals surface area (Å²) in [7, 11) is 0. The van der Waals surface area contributed by atoms with Gasteiger partial charge in [-0.05, 0) is 5.92 Å². The number of nitrogens with zero attached hydrogens (tertiary/aromatic N) is 1. The first-order valence-electron chi connectivity index (χ1n) is 7.00. The van der Waals surface area contributed by atoms with Crippen LogP contribution in [0.1, 0.15) is 31.7 Å². The molecule has 1 unspecified atom stereocenters. The predicted octanol–water partition coefficient (Wildman–Crippen LogP) is 4.12. The molecule has 1 heterocycles. The van der Waals surface area contributed by atoms with Crippen LogP contribution in [0.5, 0.6) is 0 Å². The summed E-state index contributed by atoms with van der Waals surface area (Å²) in [6.45, 7) is 4.43. The number of hydrogen-bond acceptors (Lipinski definition) is 3. The van der Waals surface area contributed by atoms with E-state index in [4.69, 9.17) is 10.7 Å². The summed E-state index contributed by atoms with van der Waals surface area (Å²) < 4.78 is 0. The molecule has 2 N–H and O–H groups in total. The lowest BCUT2D eigenvalue weighted by molar-refractivity contribution is 0.393. The molecule has 0 bridgehead atoms. The number of rotatable bonds is 6. The second-order valence-electron chi connectivity index (χ2n) is 4.94. The van der Waals surface area contributed by atoms with Gasteiger partial charge in [-0.1, -0.05) is 57.0 Å². The number of thiazole rings is 1. The fourth-order valence-corrected chi connectivity index (χ4v) is 3.28. The molecule has 2 nitrogen and oxygen atoms in total. The number of nitrogens with two attached hydrogens (primary N) is 1. The van der Waals surface area contributed by atoms with E-state index >= 15 is 0 Å². The summed E-state index contributed by atoms with van der Waals surface area (Å²) in [6.07, 6.45) is 3.19. The van der Waals surface area contributed by atoms with Gasteiger partial charge in [0.1, 0.15) is 0 Å². The molecular formula is C16H22N2S. The normalized spacial score (nSPS) is 12.8. The summed E-state index contributed by atoms with van der Waals surface area (Å²) in [5.74, 6) is 0.601. The Morgan fingerprint density at radius 1 is 1.16 bits per heavy atom. The van der Waals surface area contributed by atoms with Crippen LogP contribution < -0.4 is 5.73 Å². The molecule has 1 aromatic carbocycles. The molecule has 0 radical (unpaired) electrons. The van der Waals surface area contributed by atoms with Crippen LogP contribution in [0.2, 0.25) is 0 Å². The van der Waals surface area contributed by atoms with E-state index in [0.29, 0.717) is 5.92 Å². The highest BCUT2D eigenvalue weighted by atomic mass is 32.1. The molecule has 0 saturated carbocycles. The Labute approximate surface area is 119 Å². The van der Waals surface area contributed by atoms with Gasteiger partial charge >= 0.3 is 0 Å². The second-order valence-corrected chi connectivity index (χ2v) is 5.88. The minimum atomic E-state index is 0.227. The fraction of sp³-hybridized carbons (Fsp3) is 0.438. The molecule has 1 aromatic heterocycles. The molecular weight excluding hydrogens is 252 g/mol. The first-order valence-corrected chi connectivity index (χ1v) is 7.88. The molecule has 0 aliphatic rings. The monoisotopic (exact) mass is 274 g/mol. The van der Waals surface area contributed by atoms with E-state index in [9.17, 15) is 0 Å². The van der Waals surface area contributed by atoms with Crippen LogP contribution in [0.25, 0.3) is 11.3 Å². The fourth-order valence-electron chi connectivity index (χ4n) is 2.41. The standard InChI is InChI=1S/C16H22N2S/c1-3-12(4-2)14(17)10-16-18-15(11-19-16)13-8-6-5-7-9-13/h5-9,11-12,14H,3-4,10,17H2,1-2H3. The maximum atomic E-state index is 6.29. The zero-order valence-corrected chi connectivity index (χ0v) is 12.5. The summed E-state index contributed by atoms with van der Waals surface area (Å²) in [6, 6.07) is 10.5. The largest absolute Gasteiger partial charge is 0.327 e. The van der Waals surface area contributed by atoms with Gasteiger partial charge in [-0.2, -0.15) is 0 Å². The van der Waals surface area contributed by atoms with Crippen molar-refractivity contribution in [2.75, 3.05) is 0 Å². The molecule has 3 heteroatoms. The SMILES string of the molecule is CCC(CC)C(N)Cc1nc(-c2ccccc2)cs1. The molecule has 0 saturated heterocycles. The third-order valence-corrected chi connectivity index (χ3v) is 4.56. The lowest BCUT2D eigenvalue weighted by Crippen LogP contribution is -2.31. The lowest BCUT2D eigenvalue weighted by Gasteiger charge is -2.19. The highest BCUT2D eigenvalue weighted by Gasteiger charge is 2.16. The van der Waals surface area contributed by atoms with Crippen molar-refractivity contribution in [3.05, 3.63) is 40.7 Å². The molecule has 0 amide bonds. The predicted molar refractivity (Wildman–Crippen MR) is 83.3 cm³/mol. The summed E-state index contributed by atoms with van der Waals surface area (Å²) in [4.78, 5) is 4.71. The van der Waals surface area contributed by atoms with Crippen LogP contribution in [0.3, 0.4) is 0 Å². The summed E-state index contributed by atoms with van der Waals surface area (Å²) >= 11 is 1.72. The van der Waals surface area contributed by atoms with Crippen molar-refractivity contribution in [3.8, 4) is 11.3 Å². The minimum Gasteiger partial charge on any atom is -0.327 e. The van der Waals surface area contributed by atoms with E-state index in [0.717, 1.165) is 30.0 Å². The van der Waals surface area contributed by atoms with Crippen LogP contribution in [0.15, 0.2) is 35.7 Å². The Balaban J connectivity index is 2.06. The third-order valence-electron chi connectivity index (χ3n) is 3.69. The van der Waals surface area contributed by atoms with Crippen molar-refractivity contribution in [2.45, 2.75) is 39.2 Å². The van der Waals surface area contributed by atoms with Crippen LogP contribution >= 0.6 is 11.3 Å². The first-order chi connectivity index (χ1) is 9.24. The van der Waals surface area contributed by atoms with Crippen molar-refractivity contribution in [3.63, 3.8) is 0 Å². The summed E-state index contributed by atoms with van der Waals surface area (Å²) in [5.41, 5.74) is 8.53. The van der Waals surface area contributed by atoms with Gasteiger partial charge in [-0.15, -0.1) is 11.3 Å². The zero-order chi connectivity index (χ0) is 13.7. The van der Waals surface area contributed by atoms with Gasteiger partial charge in [0.25, 0.3) is 0 Å². The molecule has 102 valence electrons. The first kappa shape index (κ1) is 14.2. The molecule has 2 rings (SSSR count). The maximum Gasteiger partial charge on any atom is 0.0948 e. The molecule has 0 fully saturated rings. The van der Waals surface area contributed by atoms with Crippen molar-refractivity contribution in [2.24, 2.45) is 11.7 Å². The molecule has 2 aromatic rings. The average Bonchev–Trinajstić information content (AvgIpc) is 2.89. The van der Waals surface area contributed by atoms with Crippen molar-refractivity contribution >= 4 is 11.3 Å². The average molecular weight is 274 g/mol. The van der Waals surface area contributed by atoms with Gasteiger partial charge in [-0.3, -0.25) is 0 Å². The molecule has 0 spiro atoms. The van der Waals surface area contributed by atoms with Gasteiger partial charge in [0.2, 0.25) is 0 Å². The van der Waals surface area contributed by atoms with E-state index in [2.05, 4.69) is 31.4 Å². The molecule has 0 aliphatic carbocycles. The Morgan fingerprint density at radius 3 is 2.47 bits per heavy atom. The van der Waals surface area contributed by atoms with Crippen molar-refractivity contribution < 1.29 is 0 Å². The molecule has 1 atom stereocenters. The van der Waals surface area contributed by atoms with E-state index in [-0.39, 0.29) is 6.04 Å². The van der Waals surface area contributed by atoms with Gasteiger partial charge in [0.15, 0.2) is 0 Å². The molecule has 0 aliphatic heterocycles. The van der Waals surface area contributed by atoms with Crippen LogP contribution in [0, 0.1) is 5.92 Å². The van der Waals surface area contributed by atoms with Crippen LogP contribution in [-0.2, 0) is 6.42 Å². The van der Waals surface area contributed by atoms with Gasteiger partial charge in [0, 0.05) is 23.4 Å². The topological polar surface area (TPSA) is 38.9 Å². The van der Waals surface area contributed by atoms with E-state index in [1.165, 1.54) is 5.56 Å². The third kappa shape index (κ3) is 3.64. The highest BCUT2D eigenvalue weighted by molar-refractivity contribution is 7.09. The van der Waals surface area contributed by atoms with Crippen molar-refractivity contribution in [1.29, 1.82) is 0 Å². The minimum absolute atomic E-state index is 0.227. The summed E-state index contributed by atoms with van der Waals surface area (Å²) in [5, 5.41) is 3.28. The Kier molecular flexibility index (Phi) is 5.11. The number of benzene rings is 1. The maximum absolute atomic E-state index is 6.29. The quantitative estimate of drug-likeness (QED) is 0.860. The van der Waals surface area contributed by atoms with Crippen LogP contribution in [0.4, 0.5) is 0 Å². The van der Waals surface area contributed by atoms with Gasteiger partial charge < -0.3 is 5.73 Å². The van der Waals surface area contributed by atoms with Gasteiger partial charge in [-0.25, -0.2) is 4.98 Å². The highest BCUT2D eigenvalue weighted by Crippen LogP contribution is 2.23. The smallest absolute Gasteiger partial charge is 0.0948 e. The van der Waals surface area contributed by atoms with E-state index in [1.54, 1.807) is 11.3 Å². The number of hydrogen-bond donors (Lipinski definition) is 1. The van der Waals surface area contributed by atoms with E-state index in [1.807, 2.05) is 18.2 Å². The zero-order valence-electron chi connectivity index (χ0n) is 11.7. The molecule has 19 heavy (non-hydrogen) atoms. The second kappa shape index (κ2) is 6.83. The van der Waals surface area contributed by atoms with Crippen molar-refractivity contribution in [1.82, 2.24) is 4.98 Å². The number of aromatic nitrogens is 1. The Bertz CT molecular complexity index is 488. The Morgan fingerprint density at radius 2 is 1.84 bits per heavy atom. The lowest BCUT2D eigenvalue weighted by atomic mass is 9.93. The van der Waals surface area contributed by atoms with E-state index < -0.39 is 0 Å².